The molecule has 1 N–H and O–H groups in total. The number of hydrogen-bond donors (Lipinski definition) is 1. The predicted molar refractivity (Wildman–Crippen MR) is 103 cm³/mol. The molecule has 0 radical (unpaired) electrons. The Kier molecular flexibility index (Phi) is 4.86. The number of aliphatic hydroxyl groups is 1. The lowest BCUT2D eigenvalue weighted by Gasteiger charge is -2.42. The Hall–Kier alpha value is -1.69. The van der Waals surface area contributed by atoms with E-state index in [1.807, 2.05) is 0 Å². The molecule has 1 unspecified atom stereocenters. The molecule has 3 heterocycles. The minimum atomic E-state index is -0.149. The third kappa shape index (κ3) is 3.43. The van der Waals surface area contributed by atoms with Crippen LogP contribution in [0.4, 0.5) is 0 Å². The van der Waals surface area contributed by atoms with Crippen molar-refractivity contribution in [3.63, 3.8) is 0 Å². The van der Waals surface area contributed by atoms with Gasteiger partial charge in [0.1, 0.15) is 0 Å². The maximum absolute atomic E-state index is 9.98. The number of rotatable bonds is 4. The maximum atomic E-state index is 9.98. The van der Waals surface area contributed by atoms with Gasteiger partial charge in [0.25, 0.3) is 0 Å². The van der Waals surface area contributed by atoms with Crippen molar-refractivity contribution in [2.45, 2.75) is 58.5 Å². The molecular weight excluding hydrogens is 324 g/mol. The van der Waals surface area contributed by atoms with E-state index in [1.54, 1.807) is 0 Å². The van der Waals surface area contributed by atoms with E-state index in [1.165, 1.54) is 16.8 Å². The fourth-order valence-electron chi connectivity index (χ4n) is 4.57. The molecule has 0 spiro atoms. The van der Waals surface area contributed by atoms with Gasteiger partial charge in [-0.05, 0) is 32.8 Å². The zero-order valence-corrected chi connectivity index (χ0v) is 16.1. The van der Waals surface area contributed by atoms with Crippen LogP contribution in [-0.2, 0) is 13.1 Å². The highest BCUT2D eigenvalue weighted by atomic mass is 16.3. The summed E-state index contributed by atoms with van der Waals surface area (Å²) in [6.45, 7) is 11.3. The van der Waals surface area contributed by atoms with Crippen molar-refractivity contribution in [3.8, 4) is 0 Å². The summed E-state index contributed by atoms with van der Waals surface area (Å²) in [6.07, 6.45) is 0.762. The van der Waals surface area contributed by atoms with Crippen molar-refractivity contribution < 1.29 is 5.11 Å². The maximum Gasteiger partial charge on any atom is 0.0682 e. The highest BCUT2D eigenvalue weighted by Crippen LogP contribution is 2.27. The largest absolute Gasteiger partial charge is 0.392 e. The summed E-state index contributed by atoms with van der Waals surface area (Å²) in [7, 11) is 0. The summed E-state index contributed by atoms with van der Waals surface area (Å²) in [5.41, 5.74) is 5.05. The van der Waals surface area contributed by atoms with E-state index in [-0.39, 0.29) is 6.10 Å². The van der Waals surface area contributed by atoms with Crippen LogP contribution in [0, 0.1) is 13.8 Å². The van der Waals surface area contributed by atoms with Gasteiger partial charge in [0.15, 0.2) is 0 Å². The van der Waals surface area contributed by atoms with Crippen LogP contribution in [0.3, 0.4) is 0 Å². The van der Waals surface area contributed by atoms with Crippen molar-refractivity contribution in [2.75, 3.05) is 19.6 Å². The van der Waals surface area contributed by atoms with Crippen molar-refractivity contribution >= 4 is 0 Å². The average molecular weight is 354 g/mol. The Morgan fingerprint density at radius 2 is 1.85 bits per heavy atom. The molecule has 5 nitrogen and oxygen atoms in total. The number of nitrogens with zero attached hydrogens (tertiary/aromatic N) is 4. The Morgan fingerprint density at radius 3 is 2.62 bits per heavy atom. The first-order valence-corrected chi connectivity index (χ1v) is 9.74. The SMILES string of the molecule is Cc1nn(Cc2ccccc2)c(C)c1CN1CC2C[C@@H](O)CN2C[C@H]1C. The number of aryl methyl sites for hydroxylation is 1. The summed E-state index contributed by atoms with van der Waals surface area (Å²) in [5.74, 6) is 0. The second kappa shape index (κ2) is 7.14. The van der Waals surface area contributed by atoms with Crippen LogP contribution in [-0.4, -0.2) is 62.5 Å². The van der Waals surface area contributed by atoms with Crippen molar-refractivity contribution in [2.24, 2.45) is 0 Å². The monoisotopic (exact) mass is 354 g/mol. The number of hydrogen-bond acceptors (Lipinski definition) is 4. The lowest BCUT2D eigenvalue weighted by molar-refractivity contribution is 0.0526. The van der Waals surface area contributed by atoms with Gasteiger partial charge in [-0.25, -0.2) is 0 Å². The first kappa shape index (κ1) is 17.7. The van der Waals surface area contributed by atoms with Gasteiger partial charge in [0.05, 0.1) is 18.3 Å². The van der Waals surface area contributed by atoms with Crippen LogP contribution in [0.25, 0.3) is 0 Å². The predicted octanol–water partition coefficient (Wildman–Crippen LogP) is 2.19. The van der Waals surface area contributed by atoms with Gasteiger partial charge < -0.3 is 5.11 Å². The van der Waals surface area contributed by atoms with E-state index >= 15 is 0 Å². The van der Waals surface area contributed by atoms with Crippen molar-refractivity contribution in [1.82, 2.24) is 19.6 Å². The first-order valence-electron chi connectivity index (χ1n) is 9.74. The molecule has 26 heavy (non-hydrogen) atoms. The molecule has 2 aromatic rings. The fourth-order valence-corrected chi connectivity index (χ4v) is 4.57. The minimum absolute atomic E-state index is 0.149. The Balaban J connectivity index is 1.49. The van der Waals surface area contributed by atoms with E-state index in [0.29, 0.717) is 12.1 Å². The van der Waals surface area contributed by atoms with Crippen LogP contribution in [0.15, 0.2) is 30.3 Å². The number of fused-ring (bicyclic) bond motifs is 1. The third-order valence-corrected chi connectivity index (χ3v) is 6.14. The number of aliphatic hydroxyl groups excluding tert-OH is 1. The zero-order valence-electron chi connectivity index (χ0n) is 16.1. The molecule has 5 heteroatoms. The zero-order chi connectivity index (χ0) is 18.3. The van der Waals surface area contributed by atoms with Crippen LogP contribution in [0.1, 0.15) is 35.9 Å². The topological polar surface area (TPSA) is 44.5 Å². The number of benzene rings is 1. The third-order valence-electron chi connectivity index (χ3n) is 6.14. The molecule has 1 aromatic heterocycles. The summed E-state index contributed by atoms with van der Waals surface area (Å²) in [6, 6.07) is 11.5. The Morgan fingerprint density at radius 1 is 1.08 bits per heavy atom. The van der Waals surface area contributed by atoms with Gasteiger partial charge in [0, 0.05) is 49.5 Å². The molecule has 0 aliphatic carbocycles. The Labute approximate surface area is 156 Å². The molecule has 0 amide bonds. The first-order chi connectivity index (χ1) is 12.5. The van der Waals surface area contributed by atoms with Gasteiger partial charge in [-0.2, -0.15) is 5.10 Å². The second-order valence-electron chi connectivity index (χ2n) is 8.07. The Bertz CT molecular complexity index is 757. The summed E-state index contributed by atoms with van der Waals surface area (Å²) in [4.78, 5) is 5.04. The summed E-state index contributed by atoms with van der Waals surface area (Å²) in [5, 5.41) is 14.8. The van der Waals surface area contributed by atoms with E-state index in [0.717, 1.165) is 44.8 Å². The summed E-state index contributed by atoms with van der Waals surface area (Å²) < 4.78 is 2.14. The lowest BCUT2D eigenvalue weighted by atomic mass is 10.1. The van der Waals surface area contributed by atoms with Gasteiger partial charge in [0.2, 0.25) is 0 Å². The van der Waals surface area contributed by atoms with Gasteiger partial charge in [-0.1, -0.05) is 30.3 Å². The quantitative estimate of drug-likeness (QED) is 0.914. The molecule has 2 saturated heterocycles. The molecule has 0 bridgehead atoms. The minimum Gasteiger partial charge on any atom is -0.392 e. The summed E-state index contributed by atoms with van der Waals surface area (Å²) >= 11 is 0. The molecule has 0 saturated carbocycles. The molecule has 4 rings (SSSR count). The van der Waals surface area contributed by atoms with E-state index in [4.69, 9.17) is 5.10 Å². The number of piperazine rings is 1. The van der Waals surface area contributed by atoms with Crippen molar-refractivity contribution in [3.05, 3.63) is 52.8 Å². The molecule has 2 aliphatic heterocycles. The molecular formula is C21H30N4O. The lowest BCUT2D eigenvalue weighted by Crippen LogP contribution is -2.54. The number of aromatic nitrogens is 2. The molecule has 140 valence electrons. The van der Waals surface area contributed by atoms with Crippen LogP contribution in [0.2, 0.25) is 0 Å². The average Bonchev–Trinajstić information content (AvgIpc) is 3.09. The molecule has 3 atom stereocenters. The standard InChI is InChI=1S/C21H30N4O/c1-15-10-24-13-20(26)9-19(24)12-23(15)14-21-16(2)22-25(17(21)3)11-18-7-5-4-6-8-18/h4-8,15,19-20,26H,9-14H2,1-3H3/t15-,19?,20-/m1/s1. The van der Waals surface area contributed by atoms with Crippen LogP contribution in [0.5, 0.6) is 0 Å². The van der Waals surface area contributed by atoms with E-state index in [9.17, 15) is 5.11 Å². The smallest absolute Gasteiger partial charge is 0.0682 e. The van der Waals surface area contributed by atoms with E-state index in [2.05, 4.69) is 65.6 Å². The highest BCUT2D eigenvalue weighted by Gasteiger charge is 2.38. The van der Waals surface area contributed by atoms with Gasteiger partial charge in [-0.15, -0.1) is 0 Å². The van der Waals surface area contributed by atoms with Crippen LogP contribution >= 0.6 is 0 Å². The second-order valence-corrected chi connectivity index (χ2v) is 8.07. The highest BCUT2D eigenvalue weighted by molar-refractivity contribution is 5.26. The van der Waals surface area contributed by atoms with Gasteiger partial charge >= 0.3 is 0 Å². The normalized spacial score (nSPS) is 27.0. The van der Waals surface area contributed by atoms with E-state index < -0.39 is 0 Å². The van der Waals surface area contributed by atoms with Gasteiger partial charge in [-0.3, -0.25) is 14.5 Å². The molecule has 2 aliphatic rings. The fraction of sp³-hybridized carbons (Fsp3) is 0.571. The molecule has 2 fully saturated rings. The molecule has 1 aromatic carbocycles. The van der Waals surface area contributed by atoms with Crippen molar-refractivity contribution in [1.29, 1.82) is 0 Å². The van der Waals surface area contributed by atoms with Crippen LogP contribution < -0.4 is 0 Å².